The maximum Gasteiger partial charge on any atom is 0.307 e. The minimum absolute atomic E-state index is 0.240. The van der Waals surface area contributed by atoms with Gasteiger partial charge in [0.25, 0.3) is 0 Å². The van der Waals surface area contributed by atoms with Crippen molar-refractivity contribution in [3.8, 4) is 22.6 Å². The molecule has 3 atom stereocenters. The molecular weight excluding hydrogens is 495 g/mol. The van der Waals surface area contributed by atoms with Gasteiger partial charge in [-0.2, -0.15) is 0 Å². The molecule has 0 aliphatic heterocycles. The molecule has 0 saturated heterocycles. The highest BCUT2D eigenvalue weighted by molar-refractivity contribution is 5.75. The molecule has 1 spiro atoms. The number of fused-ring (bicyclic) bond motifs is 2. The number of hydrogen-bond acceptors (Lipinski definition) is 4. The Labute approximate surface area is 229 Å². The number of benzene rings is 3. The van der Waals surface area contributed by atoms with Gasteiger partial charge < -0.3 is 19.3 Å². The van der Waals surface area contributed by atoms with Crippen molar-refractivity contribution in [1.29, 1.82) is 0 Å². The van der Waals surface area contributed by atoms with E-state index < -0.39 is 5.97 Å². The van der Waals surface area contributed by atoms with E-state index in [0.717, 1.165) is 53.7 Å². The molecule has 0 bridgehead atoms. The van der Waals surface area contributed by atoms with Crippen molar-refractivity contribution in [3.63, 3.8) is 0 Å². The average Bonchev–Trinajstić information content (AvgIpc) is 3.27. The lowest BCUT2D eigenvalue weighted by atomic mass is 9.57. The van der Waals surface area contributed by atoms with Crippen LogP contribution in [0, 0.1) is 17.2 Å². The Morgan fingerprint density at radius 3 is 2.44 bits per heavy atom. The molecule has 1 saturated carbocycles. The predicted molar refractivity (Wildman–Crippen MR) is 149 cm³/mol. The van der Waals surface area contributed by atoms with E-state index in [1.54, 1.807) is 26.4 Å². The quantitative estimate of drug-likeness (QED) is 0.326. The SMILES string of the molecule is COc1ccc(F)c(-c2ccc(COc3ccc4c(c3)C3(CC4)CCC3C(=O)O)cc2[C@@H](OC)C(C)(C)C)c1. The Kier molecular flexibility index (Phi) is 7.19. The van der Waals surface area contributed by atoms with E-state index >= 15 is 4.39 Å². The number of carboxylic acid groups (broad SMARTS) is 1. The highest BCUT2D eigenvalue weighted by Gasteiger charge is 2.54. The Morgan fingerprint density at radius 1 is 1.03 bits per heavy atom. The van der Waals surface area contributed by atoms with E-state index in [9.17, 15) is 9.90 Å². The van der Waals surface area contributed by atoms with Gasteiger partial charge in [0.1, 0.15) is 23.9 Å². The van der Waals surface area contributed by atoms with Crippen LogP contribution in [0.4, 0.5) is 4.39 Å². The summed E-state index contributed by atoms with van der Waals surface area (Å²) < 4.78 is 32.6. The number of ether oxygens (including phenoxy) is 3. The van der Waals surface area contributed by atoms with Gasteiger partial charge in [-0.15, -0.1) is 0 Å². The normalized spacial score (nSPS) is 20.8. The first-order chi connectivity index (χ1) is 18.6. The van der Waals surface area contributed by atoms with Crippen LogP contribution in [-0.4, -0.2) is 25.3 Å². The molecule has 3 aromatic carbocycles. The van der Waals surface area contributed by atoms with Crippen LogP contribution in [0.25, 0.3) is 11.1 Å². The fourth-order valence-electron chi connectivity index (χ4n) is 6.55. The summed E-state index contributed by atoms with van der Waals surface area (Å²) in [6, 6.07) is 16.8. The van der Waals surface area contributed by atoms with E-state index in [2.05, 4.69) is 26.8 Å². The van der Waals surface area contributed by atoms with Crippen molar-refractivity contribution in [2.45, 2.75) is 64.6 Å². The van der Waals surface area contributed by atoms with Crippen molar-refractivity contribution >= 4 is 5.97 Å². The average molecular weight is 533 g/mol. The van der Waals surface area contributed by atoms with Crippen LogP contribution in [-0.2, 0) is 28.0 Å². The van der Waals surface area contributed by atoms with Gasteiger partial charge in [0.15, 0.2) is 0 Å². The van der Waals surface area contributed by atoms with Crippen molar-refractivity contribution in [2.75, 3.05) is 14.2 Å². The van der Waals surface area contributed by atoms with Crippen LogP contribution in [0.5, 0.6) is 11.5 Å². The monoisotopic (exact) mass is 532 g/mol. The molecule has 0 amide bonds. The molecule has 206 valence electrons. The van der Waals surface area contributed by atoms with E-state index in [1.165, 1.54) is 11.6 Å². The first-order valence-corrected chi connectivity index (χ1v) is 13.6. The van der Waals surface area contributed by atoms with Gasteiger partial charge in [0, 0.05) is 18.1 Å². The predicted octanol–water partition coefficient (Wildman–Crippen LogP) is 7.49. The molecule has 1 fully saturated rings. The molecule has 3 aromatic rings. The number of aryl methyl sites for hydroxylation is 1. The smallest absolute Gasteiger partial charge is 0.307 e. The number of halogens is 1. The second kappa shape index (κ2) is 10.3. The van der Waals surface area contributed by atoms with Crippen LogP contribution in [0.3, 0.4) is 0 Å². The largest absolute Gasteiger partial charge is 0.497 e. The third-order valence-electron chi connectivity index (χ3n) is 8.59. The molecule has 2 aliphatic carbocycles. The molecule has 0 aromatic heterocycles. The van der Waals surface area contributed by atoms with E-state index in [0.29, 0.717) is 17.9 Å². The number of methoxy groups -OCH3 is 2. The second-order valence-electron chi connectivity index (χ2n) is 11.9. The van der Waals surface area contributed by atoms with E-state index in [1.807, 2.05) is 30.3 Å². The summed E-state index contributed by atoms with van der Waals surface area (Å²) in [5.41, 5.74) is 4.89. The number of carbonyl (C=O) groups is 1. The van der Waals surface area contributed by atoms with Gasteiger partial charge in [-0.05, 0) is 95.3 Å². The fourth-order valence-corrected chi connectivity index (χ4v) is 6.55. The van der Waals surface area contributed by atoms with Gasteiger partial charge in [0.05, 0.1) is 19.1 Å². The number of rotatable bonds is 8. The third-order valence-corrected chi connectivity index (χ3v) is 8.59. The number of carboxylic acids is 1. The molecule has 2 aliphatic rings. The van der Waals surface area contributed by atoms with Gasteiger partial charge in [-0.1, -0.05) is 39.0 Å². The highest BCUT2D eigenvalue weighted by atomic mass is 19.1. The first kappa shape index (κ1) is 27.2. The lowest BCUT2D eigenvalue weighted by molar-refractivity contribution is -0.149. The Morgan fingerprint density at radius 2 is 1.79 bits per heavy atom. The van der Waals surface area contributed by atoms with Crippen LogP contribution in [0.2, 0.25) is 0 Å². The second-order valence-corrected chi connectivity index (χ2v) is 11.9. The summed E-state index contributed by atoms with van der Waals surface area (Å²) in [7, 11) is 3.25. The highest BCUT2D eigenvalue weighted by Crippen LogP contribution is 2.57. The number of hydrogen-bond donors (Lipinski definition) is 1. The molecule has 0 heterocycles. The van der Waals surface area contributed by atoms with Crippen LogP contribution < -0.4 is 9.47 Å². The Hall–Kier alpha value is -3.38. The standard InChI is InChI=1S/C33H37FO5/c1-32(2,3)30(38-5)26-16-20(6-10-24(26)25-17-22(37-4)9-11-29(25)34)19-39-23-8-7-21-12-14-33(28(21)18-23)15-13-27(33)31(35)36/h6-11,16-18,27,30H,12-15,19H2,1-5H3,(H,35,36)/t27?,30-,33?/m1/s1. The fraction of sp³-hybridized carbons (Fsp3) is 0.424. The Bertz CT molecular complexity index is 1390. The zero-order valence-electron chi connectivity index (χ0n) is 23.3. The van der Waals surface area contributed by atoms with Crippen molar-refractivity contribution in [1.82, 2.24) is 0 Å². The summed E-state index contributed by atoms with van der Waals surface area (Å²) in [5.74, 6) is -0.0285. The molecule has 1 N–H and O–H groups in total. The maximum atomic E-state index is 15.0. The van der Waals surface area contributed by atoms with Crippen LogP contribution >= 0.6 is 0 Å². The summed E-state index contributed by atoms with van der Waals surface area (Å²) in [6.07, 6.45) is 3.16. The minimum Gasteiger partial charge on any atom is -0.497 e. The summed E-state index contributed by atoms with van der Waals surface area (Å²) in [4.78, 5) is 11.8. The van der Waals surface area contributed by atoms with Crippen LogP contribution in [0.1, 0.15) is 68.4 Å². The molecule has 5 nitrogen and oxygen atoms in total. The molecule has 2 unspecified atom stereocenters. The summed E-state index contributed by atoms with van der Waals surface area (Å²) in [6.45, 7) is 6.62. The van der Waals surface area contributed by atoms with Gasteiger partial charge in [0.2, 0.25) is 0 Å². The topological polar surface area (TPSA) is 65.0 Å². The maximum absolute atomic E-state index is 15.0. The minimum atomic E-state index is -0.702. The van der Waals surface area contributed by atoms with E-state index in [4.69, 9.17) is 14.2 Å². The summed E-state index contributed by atoms with van der Waals surface area (Å²) in [5, 5.41) is 9.73. The van der Waals surface area contributed by atoms with Crippen LogP contribution in [0.15, 0.2) is 54.6 Å². The van der Waals surface area contributed by atoms with Crippen molar-refractivity contribution < 1.29 is 28.5 Å². The van der Waals surface area contributed by atoms with E-state index in [-0.39, 0.29) is 28.7 Å². The number of aliphatic carboxylic acids is 1. The van der Waals surface area contributed by atoms with Crippen molar-refractivity contribution in [2.24, 2.45) is 11.3 Å². The molecule has 0 radical (unpaired) electrons. The zero-order valence-corrected chi connectivity index (χ0v) is 23.3. The van der Waals surface area contributed by atoms with Gasteiger partial charge in [-0.25, -0.2) is 4.39 Å². The lowest BCUT2D eigenvalue weighted by Gasteiger charge is -2.45. The molecule has 6 heteroatoms. The third kappa shape index (κ3) is 4.91. The first-order valence-electron chi connectivity index (χ1n) is 13.6. The van der Waals surface area contributed by atoms with Crippen molar-refractivity contribution in [3.05, 3.63) is 82.7 Å². The lowest BCUT2D eigenvalue weighted by Crippen LogP contribution is -2.46. The Balaban J connectivity index is 1.46. The molecule has 39 heavy (non-hydrogen) atoms. The zero-order chi connectivity index (χ0) is 27.9. The summed E-state index contributed by atoms with van der Waals surface area (Å²) >= 11 is 0. The van der Waals surface area contributed by atoms with Gasteiger partial charge in [-0.3, -0.25) is 4.79 Å². The van der Waals surface area contributed by atoms with Gasteiger partial charge >= 0.3 is 5.97 Å². The molecular formula is C33H37FO5. The molecule has 5 rings (SSSR count).